The molecule has 0 spiro atoms. The largest absolute Gasteiger partial charge is 0.240 e. The van der Waals surface area contributed by atoms with Crippen molar-refractivity contribution in [2.75, 3.05) is 5.75 Å². The van der Waals surface area contributed by atoms with Crippen LogP contribution in [0.1, 0.15) is 12.6 Å². The van der Waals surface area contributed by atoms with Crippen LogP contribution in [0.25, 0.3) is 10.6 Å². The summed E-state index contributed by atoms with van der Waals surface area (Å²) in [6.45, 7) is 2.12. The summed E-state index contributed by atoms with van der Waals surface area (Å²) in [5.74, 6) is 1.84. The van der Waals surface area contributed by atoms with E-state index < -0.39 is 0 Å². The van der Waals surface area contributed by atoms with E-state index in [0.29, 0.717) is 0 Å². The smallest absolute Gasteiger partial charge is 0.175 e. The van der Waals surface area contributed by atoms with Gasteiger partial charge in [-0.15, -0.1) is 21.5 Å². The highest BCUT2D eigenvalue weighted by molar-refractivity contribution is 8.02. The topological polar surface area (TPSA) is 38.7 Å². The summed E-state index contributed by atoms with van der Waals surface area (Å²) in [5, 5.41) is 12.2. The van der Waals surface area contributed by atoms with Gasteiger partial charge in [-0.05, 0) is 17.9 Å². The van der Waals surface area contributed by atoms with Crippen LogP contribution in [0.3, 0.4) is 0 Å². The number of rotatable bonds is 6. The summed E-state index contributed by atoms with van der Waals surface area (Å²) in [6, 6.07) is 7.77. The number of hydrogen-bond donors (Lipinski definition) is 0. The lowest BCUT2D eigenvalue weighted by Gasteiger charge is -1.96. The Hall–Kier alpha value is -0.600. The molecule has 0 saturated heterocycles. The third-order valence-corrected chi connectivity index (χ3v) is 6.94. The van der Waals surface area contributed by atoms with Crippen LogP contribution in [0.15, 0.2) is 38.3 Å². The predicted octanol–water partition coefficient (Wildman–Crippen LogP) is 5.72. The predicted molar refractivity (Wildman–Crippen MR) is 98.4 cm³/mol. The molecule has 3 rings (SSSR count). The maximum atomic E-state index is 5.91. The van der Waals surface area contributed by atoms with Gasteiger partial charge in [-0.2, -0.15) is 0 Å². The van der Waals surface area contributed by atoms with E-state index >= 15 is 0 Å². The third kappa shape index (κ3) is 4.23. The number of halogens is 1. The Morgan fingerprint density at radius 3 is 2.55 bits per heavy atom. The number of nitrogens with zero attached hydrogens (tertiary/aromatic N) is 3. The quantitative estimate of drug-likeness (QED) is 0.507. The first kappa shape index (κ1) is 16.3. The molecule has 1 aromatic carbocycles. The van der Waals surface area contributed by atoms with E-state index in [1.54, 1.807) is 46.2 Å². The summed E-state index contributed by atoms with van der Waals surface area (Å²) in [6.07, 6.45) is 0. The molecule has 0 saturated carbocycles. The van der Waals surface area contributed by atoms with Gasteiger partial charge in [0, 0.05) is 21.7 Å². The van der Waals surface area contributed by atoms with Gasteiger partial charge in [-0.25, -0.2) is 4.98 Å². The minimum atomic E-state index is 0.744. The Kier molecular flexibility index (Phi) is 5.76. The highest BCUT2D eigenvalue weighted by atomic mass is 35.5. The van der Waals surface area contributed by atoms with Gasteiger partial charge < -0.3 is 0 Å². The standard InChI is InChI=1S/C14H12ClN3S4/c1-2-19-13-17-18-14(22-13)21-8-11-7-20-12(16-11)9-3-5-10(15)6-4-9/h3-7H,2,8H2,1H3. The van der Waals surface area contributed by atoms with Crippen LogP contribution < -0.4 is 0 Å². The molecule has 3 nitrogen and oxygen atoms in total. The molecule has 22 heavy (non-hydrogen) atoms. The van der Waals surface area contributed by atoms with Crippen molar-refractivity contribution in [2.45, 2.75) is 21.4 Å². The second kappa shape index (κ2) is 7.79. The van der Waals surface area contributed by atoms with Gasteiger partial charge in [0.25, 0.3) is 0 Å². The van der Waals surface area contributed by atoms with Gasteiger partial charge in [0.15, 0.2) is 8.68 Å². The number of aromatic nitrogens is 3. The van der Waals surface area contributed by atoms with Crippen LogP contribution >= 0.6 is 57.8 Å². The maximum absolute atomic E-state index is 5.91. The normalized spacial score (nSPS) is 11.0. The number of hydrogen-bond acceptors (Lipinski definition) is 7. The van der Waals surface area contributed by atoms with Gasteiger partial charge in [-0.1, -0.05) is 65.5 Å². The average molecular weight is 386 g/mol. The van der Waals surface area contributed by atoms with E-state index in [2.05, 4.69) is 27.5 Å². The molecule has 0 radical (unpaired) electrons. The zero-order valence-corrected chi connectivity index (χ0v) is 15.7. The Bertz CT molecular complexity index is 739. The Balaban J connectivity index is 1.62. The Morgan fingerprint density at radius 2 is 1.82 bits per heavy atom. The summed E-state index contributed by atoms with van der Waals surface area (Å²) < 4.78 is 2.03. The van der Waals surface area contributed by atoms with Crippen molar-refractivity contribution < 1.29 is 0 Å². The number of thiazole rings is 1. The van der Waals surface area contributed by atoms with Crippen LogP contribution in [0.2, 0.25) is 5.02 Å². The minimum Gasteiger partial charge on any atom is -0.240 e. The van der Waals surface area contributed by atoms with Crippen LogP contribution in [-0.2, 0) is 5.75 Å². The molecule has 0 N–H and O–H groups in total. The second-order valence-corrected chi connectivity index (χ2v) is 9.21. The molecule has 2 aromatic heterocycles. The van der Waals surface area contributed by atoms with Crippen molar-refractivity contribution >= 4 is 57.8 Å². The van der Waals surface area contributed by atoms with E-state index in [-0.39, 0.29) is 0 Å². The Labute approximate surface area is 150 Å². The van der Waals surface area contributed by atoms with Crippen LogP contribution in [0.4, 0.5) is 0 Å². The molecule has 3 aromatic rings. The van der Waals surface area contributed by atoms with E-state index in [9.17, 15) is 0 Å². The van der Waals surface area contributed by atoms with Crippen molar-refractivity contribution in [1.82, 2.24) is 15.2 Å². The summed E-state index contributed by atoms with van der Waals surface area (Å²) in [7, 11) is 0. The third-order valence-electron chi connectivity index (χ3n) is 2.64. The van der Waals surface area contributed by atoms with E-state index in [1.165, 1.54) is 0 Å². The molecular formula is C14H12ClN3S4. The van der Waals surface area contributed by atoms with Crippen molar-refractivity contribution in [3.63, 3.8) is 0 Å². The summed E-state index contributed by atoms with van der Waals surface area (Å²) in [4.78, 5) is 4.67. The highest BCUT2D eigenvalue weighted by Gasteiger charge is 2.08. The first-order valence-corrected chi connectivity index (χ1v) is 10.6. The van der Waals surface area contributed by atoms with Gasteiger partial charge >= 0.3 is 0 Å². The van der Waals surface area contributed by atoms with E-state index in [1.807, 2.05) is 24.3 Å². The molecule has 0 aliphatic carbocycles. The minimum absolute atomic E-state index is 0.744. The van der Waals surface area contributed by atoms with Crippen molar-refractivity contribution in [3.8, 4) is 10.6 Å². The first-order valence-electron chi connectivity index (χ1n) is 6.54. The SMILES string of the molecule is CCSc1nnc(SCc2csc(-c3ccc(Cl)cc3)n2)s1. The molecule has 0 aliphatic rings. The Morgan fingerprint density at radius 1 is 1.09 bits per heavy atom. The van der Waals surface area contributed by atoms with Crippen molar-refractivity contribution in [3.05, 3.63) is 40.4 Å². The molecule has 0 fully saturated rings. The number of thioether (sulfide) groups is 2. The van der Waals surface area contributed by atoms with Crippen molar-refractivity contribution in [2.24, 2.45) is 0 Å². The first-order chi connectivity index (χ1) is 10.7. The second-order valence-electron chi connectivity index (χ2n) is 4.21. The van der Waals surface area contributed by atoms with Crippen LogP contribution in [0, 0.1) is 0 Å². The molecule has 0 bridgehead atoms. The molecule has 0 amide bonds. The average Bonchev–Trinajstić information content (AvgIpc) is 3.16. The molecule has 8 heteroatoms. The lowest BCUT2D eigenvalue weighted by Crippen LogP contribution is -1.82. The van der Waals surface area contributed by atoms with Crippen LogP contribution in [-0.4, -0.2) is 20.9 Å². The monoisotopic (exact) mass is 385 g/mol. The molecule has 0 unspecified atom stereocenters. The molecule has 0 atom stereocenters. The summed E-state index contributed by atoms with van der Waals surface area (Å²) >= 11 is 12.6. The molecule has 2 heterocycles. The molecule has 0 aliphatic heterocycles. The zero-order chi connectivity index (χ0) is 15.4. The maximum Gasteiger partial charge on any atom is 0.175 e. The van der Waals surface area contributed by atoms with E-state index in [0.717, 1.165) is 41.5 Å². The van der Waals surface area contributed by atoms with Gasteiger partial charge in [0.1, 0.15) is 5.01 Å². The lowest BCUT2D eigenvalue weighted by atomic mass is 10.2. The fourth-order valence-corrected chi connectivity index (χ4v) is 5.54. The van der Waals surface area contributed by atoms with Gasteiger partial charge in [0.2, 0.25) is 0 Å². The fraction of sp³-hybridized carbons (Fsp3) is 0.214. The summed E-state index contributed by atoms with van der Waals surface area (Å²) in [5.41, 5.74) is 2.17. The van der Waals surface area contributed by atoms with Crippen LogP contribution in [0.5, 0.6) is 0 Å². The molecular weight excluding hydrogens is 374 g/mol. The van der Waals surface area contributed by atoms with Gasteiger partial charge in [0.05, 0.1) is 5.69 Å². The van der Waals surface area contributed by atoms with Crippen molar-refractivity contribution in [1.29, 1.82) is 0 Å². The highest BCUT2D eigenvalue weighted by Crippen LogP contribution is 2.32. The number of benzene rings is 1. The zero-order valence-electron chi connectivity index (χ0n) is 11.7. The van der Waals surface area contributed by atoms with E-state index in [4.69, 9.17) is 11.6 Å². The molecule has 114 valence electrons. The fourth-order valence-electron chi connectivity index (χ4n) is 1.67. The lowest BCUT2D eigenvalue weighted by molar-refractivity contribution is 0.954. The van der Waals surface area contributed by atoms with Gasteiger partial charge in [-0.3, -0.25) is 0 Å².